The monoisotopic (exact) mass is 363 g/mol. The van der Waals surface area contributed by atoms with E-state index in [9.17, 15) is 9.50 Å². The van der Waals surface area contributed by atoms with Gasteiger partial charge in [-0.3, -0.25) is 9.80 Å². The van der Waals surface area contributed by atoms with Crippen LogP contribution >= 0.6 is 11.3 Å². The quantitative estimate of drug-likeness (QED) is 0.885. The molecule has 0 spiro atoms. The van der Waals surface area contributed by atoms with Gasteiger partial charge in [0, 0.05) is 43.8 Å². The zero-order chi connectivity index (χ0) is 18.0. The lowest BCUT2D eigenvalue weighted by molar-refractivity contribution is 0.0586. The smallest absolute Gasteiger partial charge is 0.123 e. The number of halogens is 1. The van der Waals surface area contributed by atoms with Gasteiger partial charge in [0.05, 0.1) is 12.1 Å². The highest BCUT2D eigenvalue weighted by Gasteiger charge is 2.25. The highest BCUT2D eigenvalue weighted by Crippen LogP contribution is 2.25. The van der Waals surface area contributed by atoms with Crippen LogP contribution in [0.15, 0.2) is 23.6 Å². The van der Waals surface area contributed by atoms with E-state index in [1.54, 1.807) is 17.4 Å². The summed E-state index contributed by atoms with van der Waals surface area (Å²) in [5, 5.41) is 13.8. The van der Waals surface area contributed by atoms with Crippen molar-refractivity contribution in [1.29, 1.82) is 0 Å². The third kappa shape index (κ3) is 4.44. The number of aryl methyl sites for hydroxylation is 2. The summed E-state index contributed by atoms with van der Waals surface area (Å²) in [5.74, 6) is -0.256. The Kier molecular flexibility index (Phi) is 5.84. The van der Waals surface area contributed by atoms with E-state index in [1.807, 2.05) is 13.8 Å². The molecule has 2 unspecified atom stereocenters. The average molecular weight is 364 g/mol. The molecule has 0 aliphatic carbocycles. The molecule has 1 fully saturated rings. The number of piperazine rings is 1. The number of hydrogen-bond acceptors (Lipinski definition) is 5. The summed E-state index contributed by atoms with van der Waals surface area (Å²) in [7, 11) is 0. The molecule has 0 radical (unpaired) electrons. The number of nitrogens with zero attached hydrogens (tertiary/aromatic N) is 3. The summed E-state index contributed by atoms with van der Waals surface area (Å²) < 4.78 is 13.2. The van der Waals surface area contributed by atoms with E-state index in [4.69, 9.17) is 0 Å². The molecule has 6 heteroatoms. The van der Waals surface area contributed by atoms with Crippen molar-refractivity contribution in [2.75, 3.05) is 32.7 Å². The standard InChI is InChI=1S/C19H26FN3OS/c1-13-10-16(20)4-5-17(13)18(24)11-22-6-8-23(9-7-22)15(3)19-21-14(2)12-25-19/h4-5,10,12,15,18,24H,6-9,11H2,1-3H3. The third-order valence-electron chi connectivity index (χ3n) is 4.97. The number of thiazole rings is 1. The lowest BCUT2D eigenvalue weighted by atomic mass is 10.0. The van der Waals surface area contributed by atoms with Crippen molar-refractivity contribution >= 4 is 11.3 Å². The van der Waals surface area contributed by atoms with E-state index < -0.39 is 6.10 Å². The Morgan fingerprint density at radius 2 is 1.96 bits per heavy atom. The summed E-state index contributed by atoms with van der Waals surface area (Å²) in [5.41, 5.74) is 2.71. The lowest BCUT2D eigenvalue weighted by Gasteiger charge is -2.38. The Morgan fingerprint density at radius 3 is 2.56 bits per heavy atom. The molecule has 2 atom stereocenters. The summed E-state index contributed by atoms with van der Waals surface area (Å²) >= 11 is 1.73. The van der Waals surface area contributed by atoms with E-state index in [0.29, 0.717) is 12.6 Å². The van der Waals surface area contributed by atoms with E-state index in [-0.39, 0.29) is 5.82 Å². The Labute approximate surface area is 152 Å². The minimum atomic E-state index is -0.578. The Balaban J connectivity index is 1.53. The number of aromatic nitrogens is 1. The van der Waals surface area contributed by atoms with E-state index >= 15 is 0 Å². The SMILES string of the molecule is Cc1csc(C(C)N2CCN(CC(O)c3ccc(F)cc3C)CC2)n1. The molecular weight excluding hydrogens is 337 g/mol. The predicted octanol–water partition coefficient (Wildman–Crippen LogP) is 3.31. The summed E-state index contributed by atoms with van der Waals surface area (Å²) in [6.07, 6.45) is -0.578. The number of aliphatic hydroxyl groups excluding tert-OH is 1. The Morgan fingerprint density at radius 1 is 1.24 bits per heavy atom. The molecule has 4 nitrogen and oxygen atoms in total. The lowest BCUT2D eigenvalue weighted by Crippen LogP contribution is -2.48. The maximum atomic E-state index is 13.2. The topological polar surface area (TPSA) is 39.6 Å². The van der Waals surface area contributed by atoms with Crippen LogP contribution in [0.25, 0.3) is 0 Å². The fraction of sp³-hybridized carbons (Fsp3) is 0.526. The molecule has 2 heterocycles. The number of β-amino-alcohol motifs (C(OH)–C–C–N with tert-alkyl or cyclic N) is 1. The van der Waals surface area contributed by atoms with Crippen molar-refractivity contribution in [3.8, 4) is 0 Å². The van der Waals surface area contributed by atoms with Gasteiger partial charge in [0.15, 0.2) is 0 Å². The average Bonchev–Trinajstić information content (AvgIpc) is 3.01. The summed E-state index contributed by atoms with van der Waals surface area (Å²) in [6.45, 7) is 10.5. The van der Waals surface area contributed by atoms with Crippen LogP contribution in [-0.4, -0.2) is 52.6 Å². The zero-order valence-electron chi connectivity index (χ0n) is 15.1. The maximum Gasteiger partial charge on any atom is 0.123 e. The van der Waals surface area contributed by atoms with Crippen LogP contribution in [0.1, 0.15) is 40.9 Å². The van der Waals surface area contributed by atoms with Crippen molar-refractivity contribution in [2.45, 2.75) is 32.9 Å². The van der Waals surface area contributed by atoms with Crippen LogP contribution in [0, 0.1) is 19.7 Å². The van der Waals surface area contributed by atoms with Crippen molar-refractivity contribution < 1.29 is 9.50 Å². The molecule has 1 aromatic carbocycles. The van der Waals surface area contributed by atoms with Gasteiger partial charge in [-0.2, -0.15) is 0 Å². The van der Waals surface area contributed by atoms with Crippen molar-refractivity contribution in [3.63, 3.8) is 0 Å². The van der Waals surface area contributed by atoms with Gasteiger partial charge in [-0.25, -0.2) is 9.37 Å². The normalized spacial score (nSPS) is 19.1. The highest BCUT2D eigenvalue weighted by atomic mass is 32.1. The first-order chi connectivity index (χ1) is 11.9. The molecule has 1 N–H and O–H groups in total. The predicted molar refractivity (Wildman–Crippen MR) is 99.4 cm³/mol. The van der Waals surface area contributed by atoms with Crippen LogP contribution in [0.2, 0.25) is 0 Å². The van der Waals surface area contributed by atoms with Gasteiger partial charge < -0.3 is 5.11 Å². The number of rotatable bonds is 5. The van der Waals surface area contributed by atoms with Gasteiger partial charge in [-0.15, -0.1) is 11.3 Å². The Hall–Kier alpha value is -1.34. The van der Waals surface area contributed by atoms with E-state index in [0.717, 1.165) is 43.0 Å². The number of aliphatic hydroxyl groups is 1. The molecule has 0 amide bonds. The molecule has 0 bridgehead atoms. The molecule has 1 saturated heterocycles. The first-order valence-electron chi connectivity index (χ1n) is 8.76. The van der Waals surface area contributed by atoms with Crippen LogP contribution in [0.5, 0.6) is 0 Å². The van der Waals surface area contributed by atoms with Gasteiger partial charge in [0.2, 0.25) is 0 Å². The van der Waals surface area contributed by atoms with Crippen LogP contribution in [0.3, 0.4) is 0 Å². The summed E-state index contributed by atoms with van der Waals surface area (Å²) in [6, 6.07) is 4.93. The second-order valence-corrected chi connectivity index (χ2v) is 7.75. The Bertz CT molecular complexity index is 712. The van der Waals surface area contributed by atoms with Gasteiger partial charge in [-0.05, 0) is 44.0 Å². The minimum Gasteiger partial charge on any atom is -0.387 e. The van der Waals surface area contributed by atoms with Crippen LogP contribution in [-0.2, 0) is 0 Å². The first kappa shape index (κ1) is 18.5. The largest absolute Gasteiger partial charge is 0.387 e. The second-order valence-electron chi connectivity index (χ2n) is 6.86. The van der Waals surface area contributed by atoms with Gasteiger partial charge in [0.1, 0.15) is 10.8 Å². The molecule has 0 saturated carbocycles. The van der Waals surface area contributed by atoms with Gasteiger partial charge in [-0.1, -0.05) is 6.07 Å². The minimum absolute atomic E-state index is 0.256. The molecule has 136 valence electrons. The number of hydrogen-bond donors (Lipinski definition) is 1. The molecule has 3 rings (SSSR count). The maximum absolute atomic E-state index is 13.2. The van der Waals surface area contributed by atoms with Crippen LogP contribution < -0.4 is 0 Å². The molecule has 1 aromatic heterocycles. The van der Waals surface area contributed by atoms with Crippen LogP contribution in [0.4, 0.5) is 4.39 Å². The zero-order valence-corrected chi connectivity index (χ0v) is 15.9. The fourth-order valence-corrected chi connectivity index (χ4v) is 4.30. The van der Waals surface area contributed by atoms with Crippen molar-refractivity contribution in [3.05, 3.63) is 51.2 Å². The fourth-order valence-electron chi connectivity index (χ4n) is 3.41. The highest BCUT2D eigenvalue weighted by molar-refractivity contribution is 7.09. The van der Waals surface area contributed by atoms with Gasteiger partial charge >= 0.3 is 0 Å². The van der Waals surface area contributed by atoms with E-state index in [2.05, 4.69) is 27.1 Å². The molecular formula is C19H26FN3OS. The molecule has 2 aromatic rings. The van der Waals surface area contributed by atoms with Crippen molar-refractivity contribution in [1.82, 2.24) is 14.8 Å². The third-order valence-corrected chi connectivity index (χ3v) is 6.10. The number of benzene rings is 1. The molecule has 1 aliphatic heterocycles. The second kappa shape index (κ2) is 7.91. The molecule has 1 aliphatic rings. The van der Waals surface area contributed by atoms with Crippen molar-refractivity contribution in [2.24, 2.45) is 0 Å². The first-order valence-corrected chi connectivity index (χ1v) is 9.64. The summed E-state index contributed by atoms with van der Waals surface area (Å²) in [4.78, 5) is 9.33. The van der Waals surface area contributed by atoms with E-state index in [1.165, 1.54) is 17.1 Å². The van der Waals surface area contributed by atoms with Gasteiger partial charge in [0.25, 0.3) is 0 Å². The molecule has 25 heavy (non-hydrogen) atoms.